The molecule has 1 saturated carbocycles. The van der Waals surface area contributed by atoms with Crippen LogP contribution in [0.1, 0.15) is 63.3 Å². The summed E-state index contributed by atoms with van der Waals surface area (Å²) >= 11 is 1.41. The van der Waals surface area contributed by atoms with Crippen LogP contribution in [-0.2, 0) is 11.4 Å². The Bertz CT molecular complexity index is 1040. The monoisotopic (exact) mass is 478 g/mol. The molecule has 0 unspecified atom stereocenters. The molecule has 1 heterocycles. The molecule has 6 nitrogen and oxygen atoms in total. The van der Waals surface area contributed by atoms with Crippen molar-refractivity contribution in [2.45, 2.75) is 63.6 Å². The summed E-state index contributed by atoms with van der Waals surface area (Å²) in [6.45, 7) is 5.71. The second-order valence-electron chi connectivity index (χ2n) is 8.62. The zero-order valence-corrected chi connectivity index (χ0v) is 21.0. The Morgan fingerprint density at radius 2 is 1.71 bits per heavy atom. The minimum absolute atomic E-state index is 0.105. The number of benzene rings is 2. The maximum atomic E-state index is 12.5. The number of rotatable bonds is 10. The third kappa shape index (κ3) is 6.00. The maximum absolute atomic E-state index is 12.5. The highest BCUT2D eigenvalue weighted by Crippen LogP contribution is 2.33. The van der Waals surface area contributed by atoms with Crippen LogP contribution in [0.5, 0.6) is 5.75 Å². The summed E-state index contributed by atoms with van der Waals surface area (Å²) in [6, 6.07) is 18.5. The fourth-order valence-corrected chi connectivity index (χ4v) is 5.41. The van der Waals surface area contributed by atoms with Crippen molar-refractivity contribution in [2.24, 2.45) is 0 Å². The smallest absolute Gasteiger partial charge is 0.233 e. The lowest BCUT2D eigenvalue weighted by atomic mass is 9.84. The molecule has 7 heteroatoms. The van der Waals surface area contributed by atoms with E-state index in [1.165, 1.54) is 49.4 Å². The van der Waals surface area contributed by atoms with Gasteiger partial charge in [-0.15, -0.1) is 10.2 Å². The Kier molecular flexibility index (Phi) is 8.63. The molecule has 1 aromatic heterocycles. The van der Waals surface area contributed by atoms with Gasteiger partial charge in [-0.05, 0) is 62.4 Å². The molecule has 180 valence electrons. The molecule has 0 aliphatic heterocycles. The Labute approximate surface area is 206 Å². The minimum Gasteiger partial charge on any atom is -0.486 e. The molecule has 1 amide bonds. The van der Waals surface area contributed by atoms with Crippen molar-refractivity contribution >= 4 is 17.7 Å². The quantitative estimate of drug-likeness (QED) is 0.342. The highest BCUT2D eigenvalue weighted by atomic mass is 32.2. The molecule has 4 rings (SSSR count). The number of hydrogen-bond acceptors (Lipinski definition) is 5. The molecule has 1 fully saturated rings. The first kappa shape index (κ1) is 24.3. The molecule has 2 aromatic carbocycles. The van der Waals surface area contributed by atoms with Gasteiger partial charge in [0.1, 0.15) is 12.4 Å². The number of hydrogen-bond donors (Lipinski definition) is 0. The third-order valence-corrected chi connectivity index (χ3v) is 7.39. The molecular formula is C27H34N4O2S. The average Bonchev–Trinajstić information content (AvgIpc) is 3.31. The molecule has 0 atom stereocenters. The fraction of sp³-hybridized carbons (Fsp3) is 0.444. The summed E-state index contributed by atoms with van der Waals surface area (Å²) in [7, 11) is 0. The summed E-state index contributed by atoms with van der Waals surface area (Å²) in [6.07, 6.45) is 6.61. The highest BCUT2D eigenvalue weighted by molar-refractivity contribution is 7.99. The SMILES string of the molecule is CCN(CC)C(=O)CSc1nnc(COc2ccc(C3CCCCC3)cc2)n1-c1ccccc1. The Balaban J connectivity index is 1.46. The molecule has 0 spiro atoms. The number of carbonyl (C=O) groups is 1. The summed E-state index contributed by atoms with van der Waals surface area (Å²) in [5.74, 6) is 2.65. The van der Waals surface area contributed by atoms with E-state index in [0.717, 1.165) is 11.4 Å². The van der Waals surface area contributed by atoms with Crippen molar-refractivity contribution in [3.05, 3.63) is 66.0 Å². The van der Waals surface area contributed by atoms with Crippen LogP contribution < -0.4 is 4.74 Å². The summed E-state index contributed by atoms with van der Waals surface area (Å²) in [5, 5.41) is 9.48. The lowest BCUT2D eigenvalue weighted by Crippen LogP contribution is -2.31. The van der Waals surface area contributed by atoms with Gasteiger partial charge in [-0.2, -0.15) is 0 Å². The Hall–Kier alpha value is -2.80. The van der Waals surface area contributed by atoms with Crippen molar-refractivity contribution in [1.29, 1.82) is 0 Å². The van der Waals surface area contributed by atoms with Crippen LogP contribution in [0.2, 0.25) is 0 Å². The molecule has 0 N–H and O–H groups in total. The molecule has 3 aromatic rings. The van der Waals surface area contributed by atoms with E-state index in [1.807, 2.05) is 53.6 Å². The Morgan fingerprint density at radius 1 is 1.00 bits per heavy atom. The third-order valence-electron chi connectivity index (χ3n) is 6.48. The van der Waals surface area contributed by atoms with E-state index >= 15 is 0 Å². The van der Waals surface area contributed by atoms with Crippen LogP contribution in [0.25, 0.3) is 5.69 Å². The van der Waals surface area contributed by atoms with E-state index in [-0.39, 0.29) is 5.91 Å². The van der Waals surface area contributed by atoms with E-state index in [9.17, 15) is 4.79 Å². The van der Waals surface area contributed by atoms with Crippen molar-refractivity contribution in [3.8, 4) is 11.4 Å². The van der Waals surface area contributed by atoms with Crippen LogP contribution in [0.3, 0.4) is 0 Å². The molecular weight excluding hydrogens is 444 g/mol. The van der Waals surface area contributed by atoms with Gasteiger partial charge in [-0.25, -0.2) is 0 Å². The van der Waals surface area contributed by atoms with E-state index < -0.39 is 0 Å². The molecule has 1 aliphatic rings. The largest absolute Gasteiger partial charge is 0.486 e. The van der Waals surface area contributed by atoms with Crippen LogP contribution in [0.15, 0.2) is 59.8 Å². The topological polar surface area (TPSA) is 60.3 Å². The molecule has 34 heavy (non-hydrogen) atoms. The summed E-state index contributed by atoms with van der Waals surface area (Å²) in [4.78, 5) is 14.3. The maximum Gasteiger partial charge on any atom is 0.233 e. The first-order valence-electron chi connectivity index (χ1n) is 12.3. The number of carbonyl (C=O) groups excluding carboxylic acids is 1. The summed E-state index contributed by atoms with van der Waals surface area (Å²) < 4.78 is 8.08. The zero-order chi connectivity index (χ0) is 23.8. The lowest BCUT2D eigenvalue weighted by molar-refractivity contribution is -0.127. The van der Waals surface area contributed by atoms with Crippen molar-refractivity contribution in [2.75, 3.05) is 18.8 Å². The number of nitrogens with zero attached hydrogens (tertiary/aromatic N) is 4. The van der Waals surface area contributed by atoms with Gasteiger partial charge in [0.15, 0.2) is 11.0 Å². The zero-order valence-electron chi connectivity index (χ0n) is 20.2. The predicted octanol–water partition coefficient (Wildman–Crippen LogP) is 5.85. The fourth-order valence-electron chi connectivity index (χ4n) is 4.54. The van der Waals surface area contributed by atoms with Crippen LogP contribution in [0.4, 0.5) is 0 Å². The molecule has 0 bridgehead atoms. The first-order valence-corrected chi connectivity index (χ1v) is 13.3. The van der Waals surface area contributed by atoms with Crippen LogP contribution in [-0.4, -0.2) is 44.4 Å². The van der Waals surface area contributed by atoms with Gasteiger partial charge in [-0.1, -0.05) is 61.4 Å². The van der Waals surface area contributed by atoms with E-state index in [1.54, 1.807) is 0 Å². The minimum atomic E-state index is 0.105. The Morgan fingerprint density at radius 3 is 2.38 bits per heavy atom. The van der Waals surface area contributed by atoms with Gasteiger partial charge in [0.25, 0.3) is 0 Å². The van der Waals surface area contributed by atoms with Crippen molar-refractivity contribution in [1.82, 2.24) is 19.7 Å². The normalized spacial score (nSPS) is 14.2. The second-order valence-corrected chi connectivity index (χ2v) is 9.56. The van der Waals surface area contributed by atoms with Gasteiger partial charge >= 0.3 is 0 Å². The van der Waals surface area contributed by atoms with Gasteiger partial charge in [-0.3, -0.25) is 9.36 Å². The van der Waals surface area contributed by atoms with Gasteiger partial charge in [0.05, 0.1) is 5.75 Å². The lowest BCUT2D eigenvalue weighted by Gasteiger charge is -2.22. The molecule has 0 saturated heterocycles. The number of ether oxygens (including phenoxy) is 1. The second kappa shape index (κ2) is 12.1. The number of amides is 1. The first-order chi connectivity index (χ1) is 16.7. The van der Waals surface area contributed by atoms with Gasteiger partial charge < -0.3 is 9.64 Å². The van der Waals surface area contributed by atoms with Crippen molar-refractivity contribution in [3.63, 3.8) is 0 Å². The number of aromatic nitrogens is 3. The van der Waals surface area contributed by atoms with E-state index in [2.05, 4.69) is 34.5 Å². The van der Waals surface area contributed by atoms with Crippen LogP contribution >= 0.6 is 11.8 Å². The summed E-state index contributed by atoms with van der Waals surface area (Å²) in [5.41, 5.74) is 2.37. The highest BCUT2D eigenvalue weighted by Gasteiger charge is 2.19. The van der Waals surface area contributed by atoms with E-state index in [4.69, 9.17) is 4.74 Å². The average molecular weight is 479 g/mol. The predicted molar refractivity (Wildman–Crippen MR) is 137 cm³/mol. The van der Waals surface area contributed by atoms with Crippen molar-refractivity contribution < 1.29 is 9.53 Å². The number of para-hydroxylation sites is 1. The van der Waals surface area contributed by atoms with E-state index in [0.29, 0.717) is 42.3 Å². The van der Waals surface area contributed by atoms with Gasteiger partial charge in [0.2, 0.25) is 5.91 Å². The molecule has 1 aliphatic carbocycles. The number of thioether (sulfide) groups is 1. The van der Waals surface area contributed by atoms with Crippen LogP contribution in [0, 0.1) is 0 Å². The molecule has 0 radical (unpaired) electrons. The standard InChI is InChI=1S/C27H34N4O2S/c1-3-30(4-2)26(32)20-34-27-29-28-25(31(27)23-13-9-6-10-14-23)19-33-24-17-15-22(16-18-24)21-11-7-5-8-12-21/h6,9-10,13-18,21H,3-5,7-8,11-12,19-20H2,1-2H3. The van der Waals surface area contributed by atoms with Gasteiger partial charge in [0, 0.05) is 18.8 Å².